The third-order valence-corrected chi connectivity index (χ3v) is 5.10. The van der Waals surface area contributed by atoms with Crippen molar-refractivity contribution in [2.45, 2.75) is 12.7 Å². The Bertz CT molecular complexity index is 1120. The highest BCUT2D eigenvalue weighted by Crippen LogP contribution is 2.34. The minimum Gasteiger partial charge on any atom is -0.270 e. The summed E-state index contributed by atoms with van der Waals surface area (Å²) in [6.45, 7) is 1.59. The molecule has 0 bridgehead atoms. The van der Waals surface area contributed by atoms with E-state index >= 15 is 0 Å². The molecule has 0 fully saturated rings. The molecule has 0 unspecified atom stereocenters. The zero-order valence-corrected chi connectivity index (χ0v) is 14.8. The van der Waals surface area contributed by atoms with Crippen molar-refractivity contribution in [3.8, 4) is 17.2 Å². The van der Waals surface area contributed by atoms with Gasteiger partial charge in [-0.2, -0.15) is 13.7 Å². The molecule has 0 aliphatic rings. The summed E-state index contributed by atoms with van der Waals surface area (Å²) in [4.78, 5) is 4.32. The lowest BCUT2D eigenvalue weighted by Gasteiger charge is -2.14. The molecule has 3 rings (SSSR count). The second-order valence-electron chi connectivity index (χ2n) is 5.59. The van der Waals surface area contributed by atoms with Crippen molar-refractivity contribution < 1.29 is 17.0 Å². The van der Waals surface area contributed by atoms with Crippen LogP contribution in [0.25, 0.3) is 22.0 Å². The lowest BCUT2D eigenvalue weighted by Crippen LogP contribution is -2.10. The topological polar surface area (TPSA) is 80.0 Å². The molecule has 3 aromatic rings. The van der Waals surface area contributed by atoms with Gasteiger partial charge in [-0.1, -0.05) is 12.1 Å². The van der Waals surface area contributed by atoms with Crippen LogP contribution < -0.4 is 0 Å². The second-order valence-corrected chi connectivity index (χ2v) is 7.23. The predicted octanol–water partition coefficient (Wildman–Crippen LogP) is 3.78. The van der Waals surface area contributed by atoms with Crippen LogP contribution in [0.3, 0.4) is 0 Å². The van der Waals surface area contributed by atoms with Crippen LogP contribution in [0.2, 0.25) is 0 Å². The number of pyridine rings is 1. The summed E-state index contributed by atoms with van der Waals surface area (Å²) in [6, 6.07) is 12.8. The van der Waals surface area contributed by atoms with Crippen molar-refractivity contribution in [2.75, 3.05) is 6.61 Å². The fourth-order valence-electron chi connectivity index (χ4n) is 2.88. The van der Waals surface area contributed by atoms with Crippen LogP contribution in [-0.4, -0.2) is 20.0 Å². The first-order valence-corrected chi connectivity index (χ1v) is 9.46. The average molecular weight is 370 g/mol. The molecule has 1 aromatic heterocycles. The lowest BCUT2D eigenvalue weighted by molar-refractivity contribution is 0.337. The van der Waals surface area contributed by atoms with Crippen LogP contribution in [0.1, 0.15) is 18.1 Å². The Hall–Kier alpha value is -2.82. The van der Waals surface area contributed by atoms with Gasteiger partial charge in [0.15, 0.2) is 0 Å². The standard InChI is InChI=1S/C19H15FN2O3S/c1-2-25-26(23,24)12-15-9-14(11-21)17-7-4-8-22-19(17)18(15)13-5-3-6-16(20)10-13/h3-10H,2,12H2,1H3. The van der Waals surface area contributed by atoms with E-state index in [0.717, 1.165) is 0 Å². The number of hydrogen-bond donors (Lipinski definition) is 0. The summed E-state index contributed by atoms with van der Waals surface area (Å²) >= 11 is 0. The van der Waals surface area contributed by atoms with Crippen LogP contribution in [0.15, 0.2) is 48.7 Å². The van der Waals surface area contributed by atoms with E-state index in [0.29, 0.717) is 33.2 Å². The molecule has 0 N–H and O–H groups in total. The maximum atomic E-state index is 13.8. The first-order chi connectivity index (χ1) is 12.4. The number of aromatic nitrogens is 1. The largest absolute Gasteiger partial charge is 0.271 e. The number of benzene rings is 2. The van der Waals surface area contributed by atoms with Gasteiger partial charge in [-0.25, -0.2) is 4.39 Å². The number of nitriles is 1. The number of halogens is 1. The molecule has 0 aliphatic heterocycles. The van der Waals surface area contributed by atoms with E-state index in [1.807, 2.05) is 0 Å². The van der Waals surface area contributed by atoms with E-state index in [1.165, 1.54) is 18.2 Å². The maximum absolute atomic E-state index is 13.8. The van der Waals surface area contributed by atoms with Gasteiger partial charge in [0.25, 0.3) is 10.1 Å². The van der Waals surface area contributed by atoms with Gasteiger partial charge in [-0.3, -0.25) is 9.17 Å². The second kappa shape index (κ2) is 7.20. The molecule has 0 amide bonds. The Morgan fingerprint density at radius 3 is 2.73 bits per heavy atom. The maximum Gasteiger partial charge on any atom is 0.271 e. The minimum absolute atomic E-state index is 0.00850. The Balaban J connectivity index is 2.35. The highest BCUT2D eigenvalue weighted by atomic mass is 32.2. The van der Waals surface area contributed by atoms with Crippen molar-refractivity contribution in [2.24, 2.45) is 0 Å². The van der Waals surface area contributed by atoms with Crippen molar-refractivity contribution in [3.05, 3.63) is 65.6 Å². The molecule has 7 heteroatoms. The van der Waals surface area contributed by atoms with E-state index in [9.17, 15) is 18.1 Å². The van der Waals surface area contributed by atoms with Crippen molar-refractivity contribution >= 4 is 21.0 Å². The highest BCUT2D eigenvalue weighted by molar-refractivity contribution is 7.85. The lowest BCUT2D eigenvalue weighted by atomic mass is 9.94. The molecular formula is C19H15FN2O3S. The van der Waals surface area contributed by atoms with Crippen molar-refractivity contribution in [1.29, 1.82) is 5.26 Å². The van der Waals surface area contributed by atoms with E-state index < -0.39 is 21.7 Å². The van der Waals surface area contributed by atoms with Gasteiger partial charge in [0.1, 0.15) is 11.6 Å². The van der Waals surface area contributed by atoms with Gasteiger partial charge in [0.2, 0.25) is 0 Å². The van der Waals surface area contributed by atoms with E-state index in [-0.39, 0.29) is 6.61 Å². The van der Waals surface area contributed by atoms with Gasteiger partial charge >= 0.3 is 0 Å². The molecule has 1 heterocycles. The van der Waals surface area contributed by atoms with Gasteiger partial charge in [0, 0.05) is 17.1 Å². The summed E-state index contributed by atoms with van der Waals surface area (Å²) < 4.78 is 43.0. The monoisotopic (exact) mass is 370 g/mol. The molecular weight excluding hydrogens is 355 g/mol. The molecule has 0 saturated heterocycles. The molecule has 26 heavy (non-hydrogen) atoms. The fourth-order valence-corrected chi connectivity index (χ4v) is 3.93. The van der Waals surface area contributed by atoms with Crippen LogP contribution >= 0.6 is 0 Å². The van der Waals surface area contributed by atoms with E-state index in [4.69, 9.17) is 4.18 Å². The molecule has 132 valence electrons. The minimum atomic E-state index is -3.85. The van der Waals surface area contributed by atoms with Crippen LogP contribution in [0, 0.1) is 17.1 Å². The SMILES string of the molecule is CCOS(=O)(=O)Cc1cc(C#N)c2cccnc2c1-c1cccc(F)c1. The summed E-state index contributed by atoms with van der Waals surface area (Å²) in [6.07, 6.45) is 1.55. The zero-order chi connectivity index (χ0) is 18.7. The zero-order valence-electron chi connectivity index (χ0n) is 13.9. The molecule has 5 nitrogen and oxygen atoms in total. The number of rotatable bonds is 5. The van der Waals surface area contributed by atoms with Gasteiger partial charge in [-0.15, -0.1) is 0 Å². The number of hydrogen-bond acceptors (Lipinski definition) is 5. The smallest absolute Gasteiger partial charge is 0.270 e. The van der Waals surface area contributed by atoms with E-state index in [2.05, 4.69) is 11.1 Å². The molecule has 0 saturated carbocycles. The van der Waals surface area contributed by atoms with Crippen LogP contribution in [0.4, 0.5) is 4.39 Å². The molecule has 0 spiro atoms. The number of nitrogens with zero attached hydrogens (tertiary/aromatic N) is 2. The average Bonchev–Trinajstić information content (AvgIpc) is 2.60. The Labute approximate surface area is 150 Å². The number of fused-ring (bicyclic) bond motifs is 1. The normalized spacial score (nSPS) is 11.4. The molecule has 0 radical (unpaired) electrons. The Kier molecular flexibility index (Phi) is 4.98. The first kappa shape index (κ1) is 18.0. The van der Waals surface area contributed by atoms with Gasteiger partial charge in [-0.05, 0) is 48.4 Å². The first-order valence-electron chi connectivity index (χ1n) is 7.89. The summed E-state index contributed by atoms with van der Waals surface area (Å²) in [7, 11) is -3.85. The molecule has 0 atom stereocenters. The quantitative estimate of drug-likeness (QED) is 0.639. The Morgan fingerprint density at radius 1 is 1.23 bits per heavy atom. The third-order valence-electron chi connectivity index (χ3n) is 3.84. The van der Waals surface area contributed by atoms with Gasteiger partial charge < -0.3 is 0 Å². The summed E-state index contributed by atoms with van der Waals surface area (Å²) in [5.41, 5.74) is 2.04. The predicted molar refractivity (Wildman–Crippen MR) is 96.1 cm³/mol. The summed E-state index contributed by atoms with van der Waals surface area (Å²) in [5, 5.41) is 10.0. The molecule has 2 aromatic carbocycles. The van der Waals surface area contributed by atoms with Gasteiger partial charge in [0.05, 0.1) is 23.8 Å². The van der Waals surface area contributed by atoms with Crippen molar-refractivity contribution in [3.63, 3.8) is 0 Å². The third kappa shape index (κ3) is 3.57. The fraction of sp³-hybridized carbons (Fsp3) is 0.158. The van der Waals surface area contributed by atoms with Crippen molar-refractivity contribution in [1.82, 2.24) is 4.98 Å². The van der Waals surface area contributed by atoms with E-state index in [1.54, 1.807) is 37.4 Å². The summed E-state index contributed by atoms with van der Waals surface area (Å²) in [5.74, 6) is -0.886. The van der Waals surface area contributed by atoms with Crippen LogP contribution in [0.5, 0.6) is 0 Å². The molecule has 0 aliphatic carbocycles. The Morgan fingerprint density at radius 2 is 2.04 bits per heavy atom. The highest BCUT2D eigenvalue weighted by Gasteiger charge is 2.20. The van der Waals surface area contributed by atoms with Crippen LogP contribution in [-0.2, 0) is 20.1 Å².